The molecular weight excluding hydrogens is 452 g/mol. The summed E-state index contributed by atoms with van der Waals surface area (Å²) >= 11 is 5.94. The number of nitrogens with zero attached hydrogens (tertiary/aromatic N) is 4. The third-order valence-electron chi connectivity index (χ3n) is 4.41. The van der Waals surface area contributed by atoms with E-state index in [1.165, 1.54) is 30.5 Å². The van der Waals surface area contributed by atoms with Crippen molar-refractivity contribution < 1.29 is 27.0 Å². The summed E-state index contributed by atoms with van der Waals surface area (Å²) in [6.07, 6.45) is 3.12. The first kappa shape index (κ1) is 21.7. The molecule has 6 nitrogen and oxygen atoms in total. The zero-order valence-corrected chi connectivity index (χ0v) is 17.0. The molecule has 4 aromatic rings. The third-order valence-corrected chi connectivity index (χ3v) is 4.61. The number of hydrogen-bond donors (Lipinski definition) is 0. The number of aromatic nitrogens is 4. The predicted octanol–water partition coefficient (Wildman–Crippen LogP) is 5.78. The van der Waals surface area contributed by atoms with E-state index in [2.05, 4.69) is 19.7 Å². The van der Waals surface area contributed by atoms with Crippen molar-refractivity contribution in [2.24, 2.45) is 0 Å². The molecule has 0 amide bonds. The zero-order valence-electron chi connectivity index (χ0n) is 16.2. The number of ether oxygens (including phenoxy) is 2. The number of halogens is 5. The SMILES string of the molecule is FC(F)Oc1ccc(-c2cc(-c3ccc(OC(F)F)cc3)n(Cn3cc(Cl)cn3)n2)cc1. The van der Waals surface area contributed by atoms with E-state index < -0.39 is 13.2 Å². The van der Waals surface area contributed by atoms with Gasteiger partial charge in [-0.3, -0.25) is 0 Å². The second-order valence-corrected chi connectivity index (χ2v) is 7.00. The first-order valence-electron chi connectivity index (χ1n) is 9.24. The molecule has 2 aromatic heterocycles. The van der Waals surface area contributed by atoms with Crippen molar-refractivity contribution in [3.63, 3.8) is 0 Å². The fourth-order valence-electron chi connectivity index (χ4n) is 3.07. The molecule has 0 N–H and O–H groups in total. The lowest BCUT2D eigenvalue weighted by atomic mass is 10.1. The minimum Gasteiger partial charge on any atom is -0.435 e. The van der Waals surface area contributed by atoms with Gasteiger partial charge in [-0.2, -0.15) is 27.8 Å². The van der Waals surface area contributed by atoms with Crippen molar-refractivity contribution in [1.29, 1.82) is 0 Å². The summed E-state index contributed by atoms with van der Waals surface area (Å²) in [5, 5.41) is 9.20. The van der Waals surface area contributed by atoms with Gasteiger partial charge in [0.25, 0.3) is 0 Å². The molecule has 2 aromatic carbocycles. The number of alkyl halides is 4. The molecule has 2 heterocycles. The number of rotatable bonds is 8. The van der Waals surface area contributed by atoms with Gasteiger partial charge in [0, 0.05) is 17.3 Å². The molecule has 0 saturated heterocycles. The number of benzene rings is 2. The second kappa shape index (κ2) is 9.31. The van der Waals surface area contributed by atoms with E-state index in [9.17, 15) is 17.6 Å². The Morgan fingerprint density at radius 3 is 1.91 bits per heavy atom. The van der Waals surface area contributed by atoms with Crippen molar-refractivity contribution in [1.82, 2.24) is 19.6 Å². The van der Waals surface area contributed by atoms with Crippen molar-refractivity contribution in [3.05, 3.63) is 72.0 Å². The molecular formula is C21H15ClF4N4O2. The van der Waals surface area contributed by atoms with Gasteiger partial charge in [0.1, 0.15) is 18.2 Å². The highest BCUT2D eigenvalue weighted by Crippen LogP contribution is 2.29. The minimum atomic E-state index is -2.92. The Bertz CT molecular complexity index is 1180. The fourth-order valence-corrected chi connectivity index (χ4v) is 3.22. The third kappa shape index (κ3) is 5.20. The van der Waals surface area contributed by atoms with E-state index >= 15 is 0 Å². The average Bonchev–Trinajstić information content (AvgIpc) is 3.35. The molecule has 0 fully saturated rings. The normalized spacial score (nSPS) is 11.3. The molecule has 166 valence electrons. The van der Waals surface area contributed by atoms with Crippen LogP contribution in [0.5, 0.6) is 11.5 Å². The van der Waals surface area contributed by atoms with E-state index in [-0.39, 0.29) is 18.2 Å². The van der Waals surface area contributed by atoms with Crippen LogP contribution >= 0.6 is 11.6 Å². The van der Waals surface area contributed by atoms with Gasteiger partial charge in [0.05, 0.1) is 22.6 Å². The molecule has 32 heavy (non-hydrogen) atoms. The molecule has 0 aliphatic rings. The standard InChI is InChI=1S/C21H15ClF4N4O2/c22-15-10-27-29(11-15)12-30-19(14-3-7-17(8-4-14)32-21(25)26)9-18(28-30)13-1-5-16(6-2-13)31-20(23)24/h1-11,20-21H,12H2. The summed E-state index contributed by atoms with van der Waals surface area (Å²) in [6, 6.07) is 14.0. The van der Waals surface area contributed by atoms with Gasteiger partial charge in [0.15, 0.2) is 0 Å². The Morgan fingerprint density at radius 1 is 0.844 bits per heavy atom. The highest BCUT2D eigenvalue weighted by molar-refractivity contribution is 6.30. The van der Waals surface area contributed by atoms with Crippen LogP contribution in [-0.2, 0) is 6.67 Å². The minimum absolute atomic E-state index is 0.0310. The summed E-state index contributed by atoms with van der Waals surface area (Å²) in [6.45, 7) is -5.60. The van der Waals surface area contributed by atoms with Gasteiger partial charge in [-0.15, -0.1) is 0 Å². The lowest BCUT2D eigenvalue weighted by molar-refractivity contribution is -0.0505. The largest absolute Gasteiger partial charge is 0.435 e. The Hall–Kier alpha value is -3.53. The van der Waals surface area contributed by atoms with E-state index in [0.717, 1.165) is 0 Å². The quantitative estimate of drug-likeness (QED) is 0.309. The summed E-state index contributed by atoms with van der Waals surface area (Å²) in [4.78, 5) is 0. The highest BCUT2D eigenvalue weighted by Gasteiger charge is 2.14. The van der Waals surface area contributed by atoms with Crippen LogP contribution in [-0.4, -0.2) is 32.8 Å². The monoisotopic (exact) mass is 466 g/mol. The van der Waals surface area contributed by atoms with Crippen LogP contribution in [0.1, 0.15) is 0 Å². The molecule has 0 atom stereocenters. The van der Waals surface area contributed by atoms with E-state index in [1.807, 2.05) is 0 Å². The number of hydrogen-bond acceptors (Lipinski definition) is 4. The lowest BCUT2D eigenvalue weighted by Crippen LogP contribution is -2.11. The summed E-state index contributed by atoms with van der Waals surface area (Å²) in [5.41, 5.74) is 2.60. The van der Waals surface area contributed by atoms with Crippen molar-refractivity contribution in [2.75, 3.05) is 0 Å². The van der Waals surface area contributed by atoms with Crippen LogP contribution in [0.4, 0.5) is 17.6 Å². The Morgan fingerprint density at radius 2 is 1.41 bits per heavy atom. The Labute approximate surface area is 184 Å². The molecule has 0 bridgehead atoms. The predicted molar refractivity (Wildman–Crippen MR) is 109 cm³/mol. The Kier molecular flexibility index (Phi) is 6.31. The summed E-state index contributed by atoms with van der Waals surface area (Å²) in [7, 11) is 0. The molecule has 0 aliphatic heterocycles. The van der Waals surface area contributed by atoms with Crippen LogP contribution < -0.4 is 9.47 Å². The average molecular weight is 467 g/mol. The summed E-state index contributed by atoms with van der Waals surface area (Å²) < 4.78 is 61.7. The van der Waals surface area contributed by atoms with E-state index in [1.54, 1.807) is 45.9 Å². The maximum Gasteiger partial charge on any atom is 0.387 e. The van der Waals surface area contributed by atoms with Gasteiger partial charge in [-0.1, -0.05) is 11.6 Å². The Balaban J connectivity index is 1.68. The molecule has 0 saturated carbocycles. The van der Waals surface area contributed by atoms with Gasteiger partial charge >= 0.3 is 13.2 Å². The second-order valence-electron chi connectivity index (χ2n) is 6.56. The molecule has 11 heteroatoms. The smallest absolute Gasteiger partial charge is 0.387 e. The van der Waals surface area contributed by atoms with Crippen molar-refractivity contribution in [3.8, 4) is 34.0 Å². The van der Waals surface area contributed by atoms with Crippen LogP contribution in [0.25, 0.3) is 22.5 Å². The summed E-state index contributed by atoms with van der Waals surface area (Å²) in [5.74, 6) is 0.0627. The maximum atomic E-state index is 12.4. The first-order valence-corrected chi connectivity index (χ1v) is 9.61. The zero-order chi connectivity index (χ0) is 22.7. The van der Waals surface area contributed by atoms with Gasteiger partial charge in [-0.05, 0) is 54.6 Å². The van der Waals surface area contributed by atoms with Crippen molar-refractivity contribution >= 4 is 11.6 Å². The highest BCUT2D eigenvalue weighted by atomic mass is 35.5. The molecule has 0 unspecified atom stereocenters. The maximum absolute atomic E-state index is 12.4. The van der Waals surface area contributed by atoms with Gasteiger partial charge in [-0.25, -0.2) is 9.36 Å². The van der Waals surface area contributed by atoms with E-state index in [4.69, 9.17) is 11.6 Å². The topological polar surface area (TPSA) is 54.1 Å². The van der Waals surface area contributed by atoms with Crippen molar-refractivity contribution in [2.45, 2.75) is 19.9 Å². The van der Waals surface area contributed by atoms with E-state index in [0.29, 0.717) is 27.5 Å². The van der Waals surface area contributed by atoms with Crippen LogP contribution in [0.2, 0.25) is 5.02 Å². The first-order chi connectivity index (χ1) is 15.4. The lowest BCUT2D eigenvalue weighted by Gasteiger charge is -2.09. The van der Waals surface area contributed by atoms with Crippen LogP contribution in [0, 0.1) is 0 Å². The van der Waals surface area contributed by atoms with Gasteiger partial charge < -0.3 is 9.47 Å². The molecule has 0 radical (unpaired) electrons. The van der Waals surface area contributed by atoms with Gasteiger partial charge in [0.2, 0.25) is 0 Å². The molecule has 0 aliphatic carbocycles. The fraction of sp³-hybridized carbons (Fsp3) is 0.143. The van der Waals surface area contributed by atoms with Crippen LogP contribution in [0.3, 0.4) is 0 Å². The molecule has 0 spiro atoms. The van der Waals surface area contributed by atoms with Crippen LogP contribution in [0.15, 0.2) is 67.0 Å². The molecule has 4 rings (SSSR count).